The Balaban J connectivity index is 1.75. The molecule has 0 saturated carbocycles. The summed E-state index contributed by atoms with van der Waals surface area (Å²) in [7, 11) is -3.83. The smallest absolute Gasteiger partial charge is 0.261 e. The Hall–Kier alpha value is -2.58. The van der Waals surface area contributed by atoms with Crippen molar-refractivity contribution >= 4 is 39.1 Å². The van der Waals surface area contributed by atoms with Gasteiger partial charge in [-0.1, -0.05) is 31.5 Å². The zero-order valence-electron chi connectivity index (χ0n) is 17.5. The van der Waals surface area contributed by atoms with Gasteiger partial charge in [-0.2, -0.15) is 0 Å². The molecular weight excluding hydrogens is 438 g/mol. The topological polar surface area (TPSA) is 95.6 Å². The third-order valence-corrected chi connectivity index (χ3v) is 6.64. The number of rotatable bonds is 7. The van der Waals surface area contributed by atoms with Gasteiger partial charge in [-0.3, -0.25) is 14.3 Å². The van der Waals surface area contributed by atoms with Gasteiger partial charge in [0.05, 0.1) is 4.90 Å². The molecule has 31 heavy (non-hydrogen) atoms. The van der Waals surface area contributed by atoms with Crippen molar-refractivity contribution < 1.29 is 18.0 Å². The van der Waals surface area contributed by atoms with Gasteiger partial charge in [0, 0.05) is 29.4 Å². The summed E-state index contributed by atoms with van der Waals surface area (Å²) in [5.41, 5.74) is 0.584. The second kappa shape index (κ2) is 9.70. The highest BCUT2D eigenvalue weighted by Gasteiger charge is 2.34. The number of amides is 2. The number of carbonyl (C=O) groups excluding carboxylic acids is 2. The van der Waals surface area contributed by atoms with E-state index in [-0.39, 0.29) is 22.4 Å². The van der Waals surface area contributed by atoms with Gasteiger partial charge in [-0.05, 0) is 61.2 Å². The van der Waals surface area contributed by atoms with E-state index in [1.54, 1.807) is 23.1 Å². The maximum atomic E-state index is 13.1. The third kappa shape index (κ3) is 5.77. The standard InChI is InChI=1S/C22H26ClN3O4S/c1-15(2)14-24-21(27)20-7-4-12-26(20)22(28)16-5-3-6-18(13-16)25-31(29,30)19-10-8-17(23)9-11-19/h3,5-6,8-11,13,15,20,25H,4,7,12,14H2,1-2H3,(H,24,27). The van der Waals surface area contributed by atoms with Crippen LogP contribution in [-0.2, 0) is 14.8 Å². The minimum absolute atomic E-state index is 0.0649. The van der Waals surface area contributed by atoms with Gasteiger partial charge in [0.2, 0.25) is 5.91 Å². The molecule has 0 radical (unpaired) electrons. The predicted molar refractivity (Wildman–Crippen MR) is 121 cm³/mol. The number of carbonyl (C=O) groups is 2. The summed E-state index contributed by atoms with van der Waals surface area (Å²) in [6, 6.07) is 11.6. The van der Waals surface area contributed by atoms with Gasteiger partial charge in [0.25, 0.3) is 15.9 Å². The highest BCUT2D eigenvalue weighted by Crippen LogP contribution is 2.23. The Labute approximate surface area is 187 Å². The monoisotopic (exact) mass is 463 g/mol. The molecule has 2 N–H and O–H groups in total. The van der Waals surface area contributed by atoms with E-state index < -0.39 is 16.1 Å². The molecule has 9 heteroatoms. The summed E-state index contributed by atoms with van der Waals surface area (Å²) in [5, 5.41) is 3.33. The van der Waals surface area contributed by atoms with E-state index >= 15 is 0 Å². The molecule has 2 aromatic carbocycles. The fourth-order valence-corrected chi connectivity index (χ4v) is 4.59. The Morgan fingerprint density at radius 1 is 1.16 bits per heavy atom. The lowest BCUT2D eigenvalue weighted by atomic mass is 10.1. The van der Waals surface area contributed by atoms with Crippen LogP contribution in [0, 0.1) is 5.92 Å². The number of hydrogen-bond donors (Lipinski definition) is 2. The molecule has 3 rings (SSSR count). The summed E-state index contributed by atoms with van der Waals surface area (Å²) >= 11 is 5.82. The van der Waals surface area contributed by atoms with Crippen LogP contribution in [0.4, 0.5) is 5.69 Å². The van der Waals surface area contributed by atoms with Crippen molar-refractivity contribution in [1.82, 2.24) is 10.2 Å². The van der Waals surface area contributed by atoms with Crippen LogP contribution >= 0.6 is 11.6 Å². The van der Waals surface area contributed by atoms with Gasteiger partial charge in [0.15, 0.2) is 0 Å². The first kappa shape index (κ1) is 23.1. The van der Waals surface area contributed by atoms with Crippen LogP contribution in [0.25, 0.3) is 0 Å². The highest BCUT2D eigenvalue weighted by atomic mass is 35.5. The van der Waals surface area contributed by atoms with Crippen LogP contribution in [0.15, 0.2) is 53.4 Å². The van der Waals surface area contributed by atoms with Crippen LogP contribution in [0.1, 0.15) is 37.0 Å². The zero-order valence-corrected chi connectivity index (χ0v) is 19.0. The largest absolute Gasteiger partial charge is 0.354 e. The Bertz CT molecular complexity index is 1050. The Morgan fingerprint density at radius 3 is 2.55 bits per heavy atom. The highest BCUT2D eigenvalue weighted by molar-refractivity contribution is 7.92. The van der Waals surface area contributed by atoms with Crippen molar-refractivity contribution in [3.05, 3.63) is 59.1 Å². The molecule has 1 aliphatic heterocycles. The van der Waals surface area contributed by atoms with Gasteiger partial charge in [-0.25, -0.2) is 8.42 Å². The lowest BCUT2D eigenvalue weighted by Crippen LogP contribution is -2.46. The van der Waals surface area contributed by atoms with Crippen LogP contribution in [-0.4, -0.2) is 44.3 Å². The molecular formula is C22H26ClN3O4S. The molecule has 0 aliphatic carbocycles. The third-order valence-electron chi connectivity index (χ3n) is 4.99. The summed E-state index contributed by atoms with van der Waals surface area (Å²) in [5.74, 6) is -0.131. The number of halogens is 1. The number of sulfonamides is 1. The number of nitrogens with zero attached hydrogens (tertiary/aromatic N) is 1. The lowest BCUT2D eigenvalue weighted by Gasteiger charge is -2.24. The van der Waals surface area contributed by atoms with E-state index in [2.05, 4.69) is 10.0 Å². The maximum absolute atomic E-state index is 13.1. The van der Waals surface area contributed by atoms with Crippen molar-refractivity contribution in [3.63, 3.8) is 0 Å². The van der Waals surface area contributed by atoms with E-state index in [9.17, 15) is 18.0 Å². The summed E-state index contributed by atoms with van der Waals surface area (Å²) in [6.45, 7) is 5.06. The number of hydrogen-bond acceptors (Lipinski definition) is 4. The van der Waals surface area contributed by atoms with Crippen molar-refractivity contribution in [2.75, 3.05) is 17.8 Å². The van der Waals surface area contributed by atoms with Crippen molar-refractivity contribution in [2.45, 2.75) is 37.6 Å². The second-order valence-corrected chi connectivity index (χ2v) is 10.1. The molecule has 0 spiro atoms. The summed E-state index contributed by atoms with van der Waals surface area (Å²) in [6.07, 6.45) is 1.35. The lowest BCUT2D eigenvalue weighted by molar-refractivity contribution is -0.125. The van der Waals surface area contributed by atoms with E-state index in [0.29, 0.717) is 36.0 Å². The summed E-state index contributed by atoms with van der Waals surface area (Å²) < 4.78 is 27.7. The first-order valence-corrected chi connectivity index (χ1v) is 12.0. The number of benzene rings is 2. The average Bonchev–Trinajstić information content (AvgIpc) is 3.21. The van der Waals surface area contributed by atoms with E-state index in [1.807, 2.05) is 13.8 Å². The van der Waals surface area contributed by atoms with Crippen molar-refractivity contribution in [3.8, 4) is 0 Å². The SMILES string of the molecule is CC(C)CNC(=O)C1CCCN1C(=O)c1cccc(NS(=O)(=O)c2ccc(Cl)cc2)c1. The average molecular weight is 464 g/mol. The molecule has 1 atom stereocenters. The predicted octanol–water partition coefficient (Wildman–Crippen LogP) is 3.52. The van der Waals surface area contributed by atoms with E-state index in [4.69, 9.17) is 11.6 Å². The molecule has 0 bridgehead atoms. The molecule has 1 unspecified atom stereocenters. The maximum Gasteiger partial charge on any atom is 0.261 e. The first-order valence-electron chi connectivity index (χ1n) is 10.1. The Morgan fingerprint density at radius 2 is 1.87 bits per heavy atom. The van der Waals surface area contributed by atoms with Gasteiger partial charge in [0.1, 0.15) is 6.04 Å². The number of anilines is 1. The quantitative estimate of drug-likeness (QED) is 0.656. The fraction of sp³-hybridized carbons (Fsp3) is 0.364. The van der Waals surface area contributed by atoms with Gasteiger partial charge < -0.3 is 10.2 Å². The van der Waals surface area contributed by atoms with Gasteiger partial charge >= 0.3 is 0 Å². The van der Waals surface area contributed by atoms with Crippen LogP contribution in [0.2, 0.25) is 5.02 Å². The second-order valence-electron chi connectivity index (χ2n) is 7.94. The fourth-order valence-electron chi connectivity index (χ4n) is 3.41. The number of likely N-dealkylation sites (tertiary alicyclic amines) is 1. The van der Waals surface area contributed by atoms with Crippen molar-refractivity contribution in [1.29, 1.82) is 0 Å². The molecule has 1 saturated heterocycles. The normalized spacial score (nSPS) is 16.4. The summed E-state index contributed by atoms with van der Waals surface area (Å²) in [4.78, 5) is 27.2. The van der Waals surface area contributed by atoms with Crippen LogP contribution < -0.4 is 10.0 Å². The van der Waals surface area contributed by atoms with Gasteiger partial charge in [-0.15, -0.1) is 0 Å². The molecule has 166 valence electrons. The first-order chi connectivity index (χ1) is 14.7. The molecule has 7 nitrogen and oxygen atoms in total. The minimum Gasteiger partial charge on any atom is -0.354 e. The van der Waals surface area contributed by atoms with Crippen LogP contribution in [0.3, 0.4) is 0 Å². The minimum atomic E-state index is -3.83. The van der Waals surface area contributed by atoms with E-state index in [1.165, 1.54) is 30.3 Å². The van der Waals surface area contributed by atoms with Crippen LogP contribution in [0.5, 0.6) is 0 Å². The van der Waals surface area contributed by atoms with Crippen molar-refractivity contribution in [2.24, 2.45) is 5.92 Å². The molecule has 1 aliphatic rings. The van der Waals surface area contributed by atoms with E-state index in [0.717, 1.165) is 6.42 Å². The molecule has 1 fully saturated rings. The number of nitrogens with one attached hydrogen (secondary N) is 2. The zero-order chi connectivity index (χ0) is 22.6. The Kier molecular flexibility index (Phi) is 7.23. The molecule has 2 aromatic rings. The molecule has 2 amide bonds. The molecule has 0 aromatic heterocycles. The molecule has 1 heterocycles.